The molecule has 164 valence electrons. The fourth-order valence-corrected chi connectivity index (χ4v) is 8.78. The highest BCUT2D eigenvalue weighted by molar-refractivity contribution is 5.79. The predicted molar refractivity (Wildman–Crippen MR) is 123 cm³/mol. The Hall–Kier alpha value is -1.90. The van der Waals surface area contributed by atoms with Crippen LogP contribution in [0.15, 0.2) is 42.6 Å². The summed E-state index contributed by atoms with van der Waals surface area (Å²) in [5.74, 6) is 4.28. The molecule has 0 amide bonds. The van der Waals surface area contributed by atoms with Crippen molar-refractivity contribution >= 4 is 5.78 Å². The lowest BCUT2D eigenvalue weighted by Gasteiger charge is -2.60. The summed E-state index contributed by atoms with van der Waals surface area (Å²) >= 11 is 0. The molecule has 3 heteroatoms. The molecule has 7 atom stereocenters. The second-order valence-corrected chi connectivity index (χ2v) is 11.6. The lowest BCUT2D eigenvalue weighted by molar-refractivity contribution is -0.138. The first kappa shape index (κ1) is 19.8. The van der Waals surface area contributed by atoms with E-state index in [0.717, 1.165) is 42.7 Å². The normalized spacial score (nSPS) is 42.0. The first-order valence-electron chi connectivity index (χ1n) is 12.6. The van der Waals surface area contributed by atoms with Crippen molar-refractivity contribution in [3.8, 4) is 5.69 Å². The number of aromatic nitrogens is 2. The number of benzene rings is 1. The van der Waals surface area contributed by atoms with Gasteiger partial charge in [-0.25, -0.2) is 4.68 Å². The van der Waals surface area contributed by atoms with Crippen molar-refractivity contribution in [2.24, 2.45) is 34.5 Å². The van der Waals surface area contributed by atoms with Crippen molar-refractivity contribution < 1.29 is 4.79 Å². The van der Waals surface area contributed by atoms with E-state index in [1.807, 2.05) is 0 Å². The minimum absolute atomic E-state index is 0.380. The molecule has 4 aliphatic carbocycles. The van der Waals surface area contributed by atoms with Gasteiger partial charge in [0, 0.05) is 25.0 Å². The quantitative estimate of drug-likeness (QED) is 0.555. The summed E-state index contributed by atoms with van der Waals surface area (Å²) in [6, 6.07) is 12.8. The Morgan fingerprint density at radius 1 is 0.903 bits per heavy atom. The molecule has 1 aromatic carbocycles. The van der Waals surface area contributed by atoms with Crippen molar-refractivity contribution in [3.05, 3.63) is 48.3 Å². The van der Waals surface area contributed by atoms with E-state index >= 15 is 0 Å². The Morgan fingerprint density at radius 3 is 2.55 bits per heavy atom. The Kier molecular flexibility index (Phi) is 4.49. The van der Waals surface area contributed by atoms with Gasteiger partial charge in [0.1, 0.15) is 5.78 Å². The second kappa shape index (κ2) is 7.05. The summed E-state index contributed by atoms with van der Waals surface area (Å²) in [4.78, 5) is 12.1. The largest absolute Gasteiger partial charge is 0.300 e. The van der Waals surface area contributed by atoms with E-state index in [4.69, 9.17) is 5.10 Å². The van der Waals surface area contributed by atoms with Gasteiger partial charge in [-0.15, -0.1) is 0 Å². The number of ketones is 1. The van der Waals surface area contributed by atoms with Gasteiger partial charge in [0.25, 0.3) is 0 Å². The third-order valence-corrected chi connectivity index (χ3v) is 10.5. The number of hydrogen-bond acceptors (Lipinski definition) is 2. The molecular formula is C28H36N2O. The molecule has 3 nitrogen and oxygen atoms in total. The minimum Gasteiger partial charge on any atom is -0.300 e. The molecule has 4 fully saturated rings. The average Bonchev–Trinajstić information content (AvgIpc) is 3.39. The van der Waals surface area contributed by atoms with Crippen LogP contribution < -0.4 is 0 Å². The van der Waals surface area contributed by atoms with Gasteiger partial charge in [0.05, 0.1) is 11.4 Å². The lowest BCUT2D eigenvalue weighted by Crippen LogP contribution is -2.53. The summed E-state index contributed by atoms with van der Waals surface area (Å²) in [7, 11) is 0. The lowest BCUT2D eigenvalue weighted by atomic mass is 9.44. The van der Waals surface area contributed by atoms with Crippen molar-refractivity contribution in [1.82, 2.24) is 9.78 Å². The van der Waals surface area contributed by atoms with Gasteiger partial charge >= 0.3 is 0 Å². The SMILES string of the molecule is C[C@]12CCC(=O)CC1CC[C@@H]1[C@H]2CC[C@]2(C)C(c3ccn(-c4ccccc4)n3)CC[C@@H]12. The molecule has 0 aliphatic heterocycles. The van der Waals surface area contributed by atoms with Gasteiger partial charge < -0.3 is 0 Å². The second-order valence-electron chi connectivity index (χ2n) is 11.6. The van der Waals surface area contributed by atoms with Crippen LogP contribution >= 0.6 is 0 Å². The molecule has 0 spiro atoms. The zero-order chi connectivity index (χ0) is 21.2. The Morgan fingerprint density at radius 2 is 1.71 bits per heavy atom. The number of fused-ring (bicyclic) bond motifs is 5. The molecule has 4 aliphatic rings. The number of rotatable bonds is 2. The number of para-hydroxylation sites is 1. The molecule has 1 aromatic heterocycles. The summed E-state index contributed by atoms with van der Waals surface area (Å²) in [6.07, 6.45) is 13.0. The molecule has 4 saturated carbocycles. The van der Waals surface area contributed by atoms with Gasteiger partial charge in [-0.1, -0.05) is 32.0 Å². The third-order valence-electron chi connectivity index (χ3n) is 10.5. The maximum absolute atomic E-state index is 12.1. The number of hydrogen-bond donors (Lipinski definition) is 0. The van der Waals surface area contributed by atoms with Crippen LogP contribution in [0.25, 0.3) is 5.69 Å². The van der Waals surface area contributed by atoms with E-state index < -0.39 is 0 Å². The highest BCUT2D eigenvalue weighted by atomic mass is 16.1. The standard InChI is InChI=1S/C28H36N2O/c1-27-15-12-21(31)18-19(27)8-9-22-23-10-11-25(28(23,2)16-13-24(22)27)26-14-17-30(29-26)20-6-4-3-5-7-20/h3-7,14,17,19,22-25H,8-13,15-16,18H2,1-2H3/t19?,22-,23-,24+,25?,27-,28-/m0/s1. The molecule has 0 bridgehead atoms. The number of carbonyl (C=O) groups excluding carboxylic acids is 1. The van der Waals surface area contributed by atoms with E-state index in [1.54, 1.807) is 0 Å². The number of nitrogens with zero attached hydrogens (tertiary/aromatic N) is 2. The molecular weight excluding hydrogens is 380 g/mol. The Balaban J connectivity index is 1.27. The average molecular weight is 417 g/mol. The summed E-state index contributed by atoms with van der Waals surface area (Å²) in [5, 5.41) is 5.07. The summed E-state index contributed by atoms with van der Waals surface area (Å²) in [6.45, 7) is 5.14. The molecule has 0 radical (unpaired) electrons. The molecule has 2 aromatic rings. The highest BCUT2D eigenvalue weighted by Gasteiger charge is 2.60. The van der Waals surface area contributed by atoms with Crippen molar-refractivity contribution in [3.63, 3.8) is 0 Å². The van der Waals surface area contributed by atoms with Crippen molar-refractivity contribution in [2.45, 2.75) is 77.6 Å². The fraction of sp³-hybridized carbons (Fsp3) is 0.643. The van der Waals surface area contributed by atoms with Crippen LogP contribution in [-0.2, 0) is 4.79 Å². The van der Waals surface area contributed by atoms with Crippen LogP contribution in [0, 0.1) is 34.5 Å². The zero-order valence-corrected chi connectivity index (χ0v) is 19.1. The van der Waals surface area contributed by atoms with Gasteiger partial charge in [-0.05, 0) is 97.6 Å². The third kappa shape index (κ3) is 2.91. The van der Waals surface area contributed by atoms with Gasteiger partial charge in [0.2, 0.25) is 0 Å². The first-order valence-corrected chi connectivity index (χ1v) is 12.6. The molecule has 0 N–H and O–H groups in total. The molecule has 31 heavy (non-hydrogen) atoms. The van der Waals surface area contributed by atoms with Crippen LogP contribution in [0.4, 0.5) is 0 Å². The predicted octanol–water partition coefficient (Wildman–Crippen LogP) is 6.57. The number of Topliss-reactive ketones (excluding diaryl/α,β-unsaturated/α-hetero) is 1. The number of carbonyl (C=O) groups is 1. The smallest absolute Gasteiger partial charge is 0.133 e. The minimum atomic E-state index is 0.380. The van der Waals surface area contributed by atoms with Gasteiger partial charge in [0.15, 0.2) is 0 Å². The molecule has 1 heterocycles. The van der Waals surface area contributed by atoms with E-state index in [2.05, 4.69) is 61.1 Å². The van der Waals surface area contributed by atoms with Crippen molar-refractivity contribution in [1.29, 1.82) is 0 Å². The first-order chi connectivity index (χ1) is 15.0. The van der Waals surface area contributed by atoms with E-state index in [9.17, 15) is 4.79 Å². The van der Waals surface area contributed by atoms with Crippen molar-refractivity contribution in [2.75, 3.05) is 0 Å². The van der Waals surface area contributed by atoms with Crippen LogP contribution in [-0.4, -0.2) is 15.6 Å². The zero-order valence-electron chi connectivity index (χ0n) is 19.1. The monoisotopic (exact) mass is 416 g/mol. The molecule has 6 rings (SSSR count). The highest BCUT2D eigenvalue weighted by Crippen LogP contribution is 2.68. The van der Waals surface area contributed by atoms with E-state index in [-0.39, 0.29) is 0 Å². The van der Waals surface area contributed by atoms with Crippen LogP contribution in [0.5, 0.6) is 0 Å². The van der Waals surface area contributed by atoms with Crippen LogP contribution in [0.3, 0.4) is 0 Å². The molecule has 0 saturated heterocycles. The summed E-state index contributed by atoms with van der Waals surface area (Å²) in [5.41, 5.74) is 3.24. The molecule has 2 unspecified atom stereocenters. The Bertz CT molecular complexity index is 980. The maximum atomic E-state index is 12.1. The fourth-order valence-electron chi connectivity index (χ4n) is 8.78. The summed E-state index contributed by atoms with van der Waals surface area (Å²) < 4.78 is 2.06. The Labute approximate surface area is 186 Å². The van der Waals surface area contributed by atoms with E-state index in [1.165, 1.54) is 44.2 Å². The van der Waals surface area contributed by atoms with Gasteiger partial charge in [-0.2, -0.15) is 5.10 Å². The topological polar surface area (TPSA) is 34.9 Å². The van der Waals surface area contributed by atoms with Crippen LogP contribution in [0.2, 0.25) is 0 Å². The maximum Gasteiger partial charge on any atom is 0.133 e. The van der Waals surface area contributed by atoms with Gasteiger partial charge in [-0.3, -0.25) is 4.79 Å². The van der Waals surface area contributed by atoms with E-state index in [0.29, 0.717) is 28.4 Å². The van der Waals surface area contributed by atoms with Crippen LogP contribution in [0.1, 0.15) is 83.2 Å².